The number of aromatic nitrogens is 1. The molecule has 1 aromatic heterocycles. The van der Waals surface area contributed by atoms with Crippen molar-refractivity contribution >= 4 is 28.5 Å². The zero-order chi connectivity index (χ0) is 23.8. The van der Waals surface area contributed by atoms with Gasteiger partial charge in [0.15, 0.2) is 5.75 Å². The number of halogens is 2. The molecule has 1 aliphatic carbocycles. The highest BCUT2D eigenvalue weighted by atomic mass is 35.5. The number of para-hydroxylation sites is 1. The van der Waals surface area contributed by atoms with E-state index in [0.717, 1.165) is 12.8 Å². The van der Waals surface area contributed by atoms with E-state index in [-0.39, 0.29) is 39.5 Å². The summed E-state index contributed by atoms with van der Waals surface area (Å²) in [6.07, 6.45) is 1.21. The molecule has 1 aliphatic rings. The highest BCUT2D eigenvalue weighted by molar-refractivity contribution is 6.35. The van der Waals surface area contributed by atoms with Crippen molar-refractivity contribution in [1.29, 1.82) is 0 Å². The summed E-state index contributed by atoms with van der Waals surface area (Å²) in [5, 5.41) is 3.89. The Balaban J connectivity index is 1.56. The predicted molar refractivity (Wildman–Crippen MR) is 130 cm³/mol. The molecule has 1 atom stereocenters. The molecule has 0 aliphatic heterocycles. The molecule has 34 heavy (non-hydrogen) atoms. The Morgan fingerprint density at radius 1 is 1.09 bits per heavy atom. The second-order valence-corrected chi connectivity index (χ2v) is 8.86. The van der Waals surface area contributed by atoms with Gasteiger partial charge in [0.25, 0.3) is 5.56 Å². The van der Waals surface area contributed by atoms with E-state index in [2.05, 4.69) is 5.32 Å². The number of rotatable bonds is 5. The van der Waals surface area contributed by atoms with E-state index in [1.54, 1.807) is 49.4 Å². The number of hydrogen-bond acceptors (Lipinski definition) is 3. The SMILES string of the molecule is Cc1c(OC(=O)N[C@H](c2cccc(F)c2)C2CC2)c2cccc(Cl)c2c(=O)n1-c1ccccc1. The van der Waals surface area contributed by atoms with Crippen molar-refractivity contribution in [3.63, 3.8) is 0 Å². The molecule has 0 unspecified atom stereocenters. The number of nitrogens with zero attached hydrogens (tertiary/aromatic N) is 1. The standard InChI is InChI=1S/C27H22ClFN2O3/c1-16-25(34-27(33)30-24(17-13-14-17)18-7-5-8-19(29)15-18)21-11-6-12-22(28)23(21)26(32)31(16)20-9-3-2-4-10-20/h2-12,15,17,24H,13-14H2,1H3,(H,30,33)/t24-/m0/s1. The van der Waals surface area contributed by atoms with Gasteiger partial charge in [-0.15, -0.1) is 0 Å². The number of carbonyl (C=O) groups excluding carboxylic acids is 1. The third-order valence-corrected chi connectivity index (χ3v) is 6.44. The molecule has 0 radical (unpaired) electrons. The Bertz CT molecular complexity index is 1450. The van der Waals surface area contributed by atoms with Gasteiger partial charge in [-0.25, -0.2) is 9.18 Å². The van der Waals surface area contributed by atoms with Gasteiger partial charge in [-0.1, -0.05) is 54.1 Å². The van der Waals surface area contributed by atoms with Crippen LogP contribution in [0.25, 0.3) is 16.5 Å². The Morgan fingerprint density at radius 2 is 1.82 bits per heavy atom. The van der Waals surface area contributed by atoms with Crippen LogP contribution in [-0.2, 0) is 0 Å². The first-order chi connectivity index (χ1) is 16.4. The van der Waals surface area contributed by atoms with Gasteiger partial charge in [-0.2, -0.15) is 0 Å². The summed E-state index contributed by atoms with van der Waals surface area (Å²) in [7, 11) is 0. The first-order valence-electron chi connectivity index (χ1n) is 11.1. The number of pyridine rings is 1. The minimum absolute atomic E-state index is 0.222. The third-order valence-electron chi connectivity index (χ3n) is 6.12. The molecule has 5 rings (SSSR count). The highest BCUT2D eigenvalue weighted by Crippen LogP contribution is 2.41. The molecule has 5 nitrogen and oxygen atoms in total. The predicted octanol–water partition coefficient (Wildman–Crippen LogP) is 6.33. The monoisotopic (exact) mass is 476 g/mol. The van der Waals surface area contributed by atoms with Crippen LogP contribution in [0.1, 0.15) is 30.1 Å². The Morgan fingerprint density at radius 3 is 2.53 bits per heavy atom. The molecular weight excluding hydrogens is 455 g/mol. The Hall–Kier alpha value is -3.64. The molecule has 0 saturated heterocycles. The second-order valence-electron chi connectivity index (χ2n) is 8.46. The van der Waals surface area contributed by atoms with Crippen LogP contribution in [0.4, 0.5) is 9.18 Å². The van der Waals surface area contributed by atoms with Crippen LogP contribution in [0.2, 0.25) is 5.02 Å². The molecule has 4 aromatic rings. The number of fused-ring (bicyclic) bond motifs is 1. The Labute approximate surface area is 200 Å². The van der Waals surface area contributed by atoms with Crippen LogP contribution >= 0.6 is 11.6 Å². The van der Waals surface area contributed by atoms with Crippen molar-refractivity contribution in [3.05, 3.63) is 105 Å². The van der Waals surface area contributed by atoms with E-state index >= 15 is 0 Å². The number of amides is 1. The summed E-state index contributed by atoms with van der Waals surface area (Å²) in [4.78, 5) is 26.5. The minimum atomic E-state index is -0.677. The van der Waals surface area contributed by atoms with E-state index in [4.69, 9.17) is 16.3 Å². The number of hydrogen-bond donors (Lipinski definition) is 1. The lowest BCUT2D eigenvalue weighted by Crippen LogP contribution is -2.33. The maximum absolute atomic E-state index is 13.8. The van der Waals surface area contributed by atoms with Crippen molar-refractivity contribution in [1.82, 2.24) is 9.88 Å². The van der Waals surface area contributed by atoms with E-state index < -0.39 is 6.09 Å². The average Bonchev–Trinajstić information content (AvgIpc) is 3.66. The van der Waals surface area contributed by atoms with Crippen molar-refractivity contribution in [2.75, 3.05) is 0 Å². The van der Waals surface area contributed by atoms with Gasteiger partial charge in [0, 0.05) is 11.1 Å². The fourth-order valence-electron chi connectivity index (χ4n) is 4.36. The zero-order valence-corrected chi connectivity index (χ0v) is 19.2. The van der Waals surface area contributed by atoms with Crippen LogP contribution in [0, 0.1) is 18.7 Å². The van der Waals surface area contributed by atoms with E-state index in [1.165, 1.54) is 16.7 Å². The second kappa shape index (κ2) is 8.95. The zero-order valence-electron chi connectivity index (χ0n) is 18.4. The van der Waals surface area contributed by atoms with Crippen LogP contribution in [-0.4, -0.2) is 10.7 Å². The topological polar surface area (TPSA) is 60.3 Å². The molecule has 1 N–H and O–H groups in total. The van der Waals surface area contributed by atoms with Gasteiger partial charge in [0.1, 0.15) is 5.82 Å². The molecular formula is C27H22ClFN2O3. The number of nitrogens with one attached hydrogen (secondary N) is 1. The van der Waals surface area contributed by atoms with E-state index in [1.807, 2.05) is 18.2 Å². The molecule has 1 fully saturated rings. The normalized spacial score (nSPS) is 14.1. The number of ether oxygens (including phenoxy) is 1. The smallest absolute Gasteiger partial charge is 0.408 e. The fourth-order valence-corrected chi connectivity index (χ4v) is 4.62. The summed E-state index contributed by atoms with van der Waals surface area (Å²) >= 11 is 6.41. The third kappa shape index (κ3) is 4.17. The van der Waals surface area contributed by atoms with Gasteiger partial charge in [0.05, 0.1) is 22.1 Å². The van der Waals surface area contributed by atoms with Crippen molar-refractivity contribution in [2.45, 2.75) is 25.8 Å². The van der Waals surface area contributed by atoms with Crippen LogP contribution in [0.3, 0.4) is 0 Å². The summed E-state index contributed by atoms with van der Waals surface area (Å²) in [6.45, 7) is 1.72. The summed E-state index contributed by atoms with van der Waals surface area (Å²) in [5.41, 5.74) is 1.49. The van der Waals surface area contributed by atoms with Gasteiger partial charge >= 0.3 is 6.09 Å². The van der Waals surface area contributed by atoms with E-state index in [0.29, 0.717) is 22.3 Å². The minimum Gasteiger partial charge on any atom is -0.408 e. The first-order valence-corrected chi connectivity index (χ1v) is 11.4. The maximum atomic E-state index is 13.8. The van der Waals surface area contributed by atoms with Crippen LogP contribution < -0.4 is 15.6 Å². The molecule has 1 saturated carbocycles. The van der Waals surface area contributed by atoms with Crippen LogP contribution in [0.15, 0.2) is 77.6 Å². The van der Waals surface area contributed by atoms with Gasteiger partial charge in [0.2, 0.25) is 0 Å². The van der Waals surface area contributed by atoms with Gasteiger partial charge in [-0.3, -0.25) is 9.36 Å². The van der Waals surface area contributed by atoms with Crippen LogP contribution in [0.5, 0.6) is 5.75 Å². The quantitative estimate of drug-likeness (QED) is 0.366. The number of carbonyl (C=O) groups is 1. The Kier molecular flexibility index (Phi) is 5.84. The largest absolute Gasteiger partial charge is 0.413 e. The lowest BCUT2D eigenvalue weighted by molar-refractivity contribution is 0.194. The van der Waals surface area contributed by atoms with Crippen molar-refractivity contribution < 1.29 is 13.9 Å². The summed E-state index contributed by atoms with van der Waals surface area (Å²) < 4.78 is 21.1. The lowest BCUT2D eigenvalue weighted by atomic mass is 10.0. The summed E-state index contributed by atoms with van der Waals surface area (Å²) in [6, 6.07) is 20.0. The number of benzene rings is 3. The van der Waals surface area contributed by atoms with Crippen molar-refractivity contribution in [2.24, 2.45) is 5.92 Å². The summed E-state index contributed by atoms with van der Waals surface area (Å²) in [5.74, 6) is 0.108. The van der Waals surface area contributed by atoms with Gasteiger partial charge in [-0.05, 0) is 61.6 Å². The molecule has 0 bridgehead atoms. The molecule has 0 spiro atoms. The first kappa shape index (κ1) is 22.2. The molecule has 3 aromatic carbocycles. The molecule has 1 heterocycles. The molecule has 1 amide bonds. The molecule has 7 heteroatoms. The van der Waals surface area contributed by atoms with E-state index in [9.17, 15) is 14.0 Å². The van der Waals surface area contributed by atoms with Gasteiger partial charge < -0.3 is 10.1 Å². The average molecular weight is 477 g/mol. The molecule has 172 valence electrons. The lowest BCUT2D eigenvalue weighted by Gasteiger charge is -2.21. The fraction of sp³-hybridized carbons (Fsp3) is 0.185. The maximum Gasteiger partial charge on any atom is 0.413 e. The van der Waals surface area contributed by atoms with Crippen molar-refractivity contribution in [3.8, 4) is 11.4 Å². The highest BCUT2D eigenvalue weighted by Gasteiger charge is 2.34.